The second-order valence-corrected chi connectivity index (χ2v) is 6.75. The zero-order valence-electron chi connectivity index (χ0n) is 14.7. The maximum atomic E-state index is 12.8. The van der Waals surface area contributed by atoms with Crippen LogP contribution in [-0.4, -0.2) is 36.3 Å². The van der Waals surface area contributed by atoms with Crippen molar-refractivity contribution in [2.75, 3.05) is 19.8 Å². The van der Waals surface area contributed by atoms with Crippen molar-refractivity contribution in [2.24, 2.45) is 0 Å². The van der Waals surface area contributed by atoms with Gasteiger partial charge in [0.25, 0.3) is 5.91 Å². The number of Topliss-reactive ketones (excluding diaryl/α,β-unsaturated/α-hetero) is 1. The first-order valence-electron chi connectivity index (χ1n) is 8.95. The molecule has 2 aliphatic heterocycles. The summed E-state index contributed by atoms with van der Waals surface area (Å²) in [7, 11) is 0. The van der Waals surface area contributed by atoms with E-state index in [0.717, 1.165) is 29.7 Å². The van der Waals surface area contributed by atoms with Crippen LogP contribution in [0, 0.1) is 6.92 Å². The van der Waals surface area contributed by atoms with Crippen LogP contribution >= 0.6 is 0 Å². The highest BCUT2D eigenvalue weighted by Crippen LogP contribution is 2.38. The predicted molar refractivity (Wildman–Crippen MR) is 96.6 cm³/mol. The lowest BCUT2D eigenvalue weighted by Gasteiger charge is -2.26. The third-order valence-electron chi connectivity index (χ3n) is 4.97. The number of hydrogen-bond acceptors (Lipinski definition) is 4. The van der Waals surface area contributed by atoms with E-state index in [1.165, 1.54) is 0 Å². The van der Waals surface area contributed by atoms with Crippen molar-refractivity contribution in [2.45, 2.75) is 25.8 Å². The highest BCUT2D eigenvalue weighted by Gasteiger charge is 2.34. The number of carbonyl (C=O) groups excluding carboxylic acids is 2. The Labute approximate surface area is 152 Å². The largest absolute Gasteiger partial charge is 0.486 e. The zero-order valence-corrected chi connectivity index (χ0v) is 14.7. The Morgan fingerprint density at radius 2 is 1.73 bits per heavy atom. The standard InChI is InChI=1S/C21H21NO4/c1-14-4-6-15(7-5-14)20(23)21(24)22-10-2-3-17(22)16-8-9-18-19(13-16)26-12-11-25-18/h4-9,13,17H,2-3,10-12H2,1H3. The molecule has 2 aromatic rings. The number of rotatable bonds is 3. The number of nitrogens with zero attached hydrogens (tertiary/aromatic N) is 1. The molecule has 2 aromatic carbocycles. The number of ether oxygens (including phenoxy) is 2. The molecular formula is C21H21NO4. The lowest BCUT2D eigenvalue weighted by atomic mass is 10.0. The van der Waals surface area contributed by atoms with Crippen LogP contribution in [0.15, 0.2) is 42.5 Å². The monoisotopic (exact) mass is 351 g/mol. The van der Waals surface area contributed by atoms with Crippen LogP contribution < -0.4 is 9.47 Å². The molecule has 0 bridgehead atoms. The van der Waals surface area contributed by atoms with Gasteiger partial charge in [-0.05, 0) is 37.5 Å². The second-order valence-electron chi connectivity index (χ2n) is 6.75. The highest BCUT2D eigenvalue weighted by atomic mass is 16.6. The summed E-state index contributed by atoms with van der Waals surface area (Å²) in [4.78, 5) is 27.1. The molecule has 2 heterocycles. The number of fused-ring (bicyclic) bond motifs is 1. The van der Waals surface area contributed by atoms with E-state index in [1.54, 1.807) is 17.0 Å². The van der Waals surface area contributed by atoms with Crippen LogP contribution in [0.25, 0.3) is 0 Å². The van der Waals surface area contributed by atoms with Crippen molar-refractivity contribution in [1.82, 2.24) is 4.90 Å². The van der Waals surface area contributed by atoms with Gasteiger partial charge in [0.2, 0.25) is 5.78 Å². The summed E-state index contributed by atoms with van der Waals surface area (Å²) in [5.41, 5.74) is 2.48. The van der Waals surface area contributed by atoms with E-state index in [4.69, 9.17) is 9.47 Å². The fraction of sp³-hybridized carbons (Fsp3) is 0.333. The van der Waals surface area contributed by atoms with Crippen molar-refractivity contribution < 1.29 is 19.1 Å². The van der Waals surface area contributed by atoms with E-state index in [1.807, 2.05) is 37.3 Å². The van der Waals surface area contributed by atoms with E-state index in [0.29, 0.717) is 31.1 Å². The first-order chi connectivity index (χ1) is 12.6. The molecular weight excluding hydrogens is 330 g/mol. The van der Waals surface area contributed by atoms with Crippen molar-refractivity contribution >= 4 is 11.7 Å². The van der Waals surface area contributed by atoms with Crippen LogP contribution in [0.1, 0.15) is 40.4 Å². The predicted octanol–water partition coefficient (Wildman–Crippen LogP) is 3.31. The van der Waals surface area contributed by atoms with Crippen LogP contribution in [0.2, 0.25) is 0 Å². The van der Waals surface area contributed by atoms with Gasteiger partial charge in [-0.25, -0.2) is 0 Å². The Kier molecular flexibility index (Phi) is 4.37. The third kappa shape index (κ3) is 3.05. The Morgan fingerprint density at radius 3 is 2.50 bits per heavy atom. The molecule has 0 spiro atoms. The first kappa shape index (κ1) is 16.6. The van der Waals surface area contributed by atoms with Crippen molar-refractivity contribution in [3.05, 3.63) is 59.2 Å². The number of hydrogen-bond donors (Lipinski definition) is 0. The van der Waals surface area contributed by atoms with Gasteiger partial charge >= 0.3 is 0 Å². The first-order valence-corrected chi connectivity index (χ1v) is 8.95. The van der Waals surface area contributed by atoms with Gasteiger partial charge < -0.3 is 14.4 Å². The fourth-order valence-corrected chi connectivity index (χ4v) is 3.58. The molecule has 0 saturated carbocycles. The van der Waals surface area contributed by atoms with Crippen molar-refractivity contribution in [3.8, 4) is 11.5 Å². The molecule has 5 nitrogen and oxygen atoms in total. The van der Waals surface area contributed by atoms with Gasteiger partial charge in [-0.1, -0.05) is 35.9 Å². The van der Waals surface area contributed by atoms with Gasteiger partial charge in [0.15, 0.2) is 11.5 Å². The lowest BCUT2D eigenvalue weighted by molar-refractivity contribution is -0.127. The normalized spacial score (nSPS) is 18.7. The molecule has 0 radical (unpaired) electrons. The molecule has 134 valence electrons. The van der Waals surface area contributed by atoms with E-state index < -0.39 is 11.7 Å². The second kappa shape index (κ2) is 6.83. The van der Waals surface area contributed by atoms with E-state index in [9.17, 15) is 9.59 Å². The Balaban J connectivity index is 1.57. The molecule has 1 amide bonds. The summed E-state index contributed by atoms with van der Waals surface area (Å²) in [5, 5.41) is 0. The number of ketones is 1. The van der Waals surface area contributed by atoms with E-state index in [-0.39, 0.29) is 6.04 Å². The van der Waals surface area contributed by atoms with Crippen LogP contribution in [0.4, 0.5) is 0 Å². The summed E-state index contributed by atoms with van der Waals surface area (Å²) in [5.74, 6) is 0.546. The minimum atomic E-state index is -0.450. The number of benzene rings is 2. The van der Waals surface area contributed by atoms with Gasteiger partial charge in [0, 0.05) is 12.1 Å². The van der Waals surface area contributed by atoms with Gasteiger partial charge in [0.1, 0.15) is 13.2 Å². The average Bonchev–Trinajstić information content (AvgIpc) is 3.17. The Bertz CT molecular complexity index is 844. The Morgan fingerprint density at radius 1 is 1.00 bits per heavy atom. The molecule has 4 rings (SSSR count). The topological polar surface area (TPSA) is 55.8 Å². The molecule has 0 aromatic heterocycles. The molecule has 0 aliphatic carbocycles. The number of aryl methyl sites for hydroxylation is 1. The molecule has 1 unspecified atom stereocenters. The minimum absolute atomic E-state index is 0.104. The smallest absolute Gasteiger partial charge is 0.295 e. The van der Waals surface area contributed by atoms with Crippen molar-refractivity contribution in [3.63, 3.8) is 0 Å². The van der Waals surface area contributed by atoms with Crippen LogP contribution in [0.5, 0.6) is 11.5 Å². The summed E-state index contributed by atoms with van der Waals surface area (Å²) < 4.78 is 11.2. The lowest BCUT2D eigenvalue weighted by Crippen LogP contribution is -2.36. The minimum Gasteiger partial charge on any atom is -0.486 e. The highest BCUT2D eigenvalue weighted by molar-refractivity contribution is 6.42. The molecule has 1 saturated heterocycles. The van der Waals surface area contributed by atoms with E-state index in [2.05, 4.69) is 0 Å². The number of carbonyl (C=O) groups is 2. The molecule has 1 fully saturated rings. The molecule has 2 aliphatic rings. The van der Waals surface area contributed by atoms with Gasteiger partial charge in [0.05, 0.1) is 6.04 Å². The van der Waals surface area contributed by atoms with Gasteiger partial charge in [-0.2, -0.15) is 0 Å². The summed E-state index contributed by atoms with van der Waals surface area (Å²) in [6.07, 6.45) is 1.72. The third-order valence-corrected chi connectivity index (χ3v) is 4.97. The summed E-state index contributed by atoms with van der Waals surface area (Å²) in [6, 6.07) is 12.8. The summed E-state index contributed by atoms with van der Waals surface area (Å²) >= 11 is 0. The maximum absolute atomic E-state index is 12.8. The molecule has 5 heteroatoms. The molecule has 0 N–H and O–H groups in total. The maximum Gasteiger partial charge on any atom is 0.295 e. The fourth-order valence-electron chi connectivity index (χ4n) is 3.58. The zero-order chi connectivity index (χ0) is 18.1. The van der Waals surface area contributed by atoms with Crippen molar-refractivity contribution in [1.29, 1.82) is 0 Å². The number of amides is 1. The molecule has 1 atom stereocenters. The quantitative estimate of drug-likeness (QED) is 0.629. The van der Waals surface area contributed by atoms with Crippen LogP contribution in [-0.2, 0) is 4.79 Å². The van der Waals surface area contributed by atoms with Crippen LogP contribution in [0.3, 0.4) is 0 Å². The summed E-state index contributed by atoms with van der Waals surface area (Å²) in [6.45, 7) is 3.62. The molecule has 26 heavy (non-hydrogen) atoms. The van der Waals surface area contributed by atoms with Gasteiger partial charge in [-0.15, -0.1) is 0 Å². The number of likely N-dealkylation sites (tertiary alicyclic amines) is 1. The van der Waals surface area contributed by atoms with Gasteiger partial charge in [-0.3, -0.25) is 9.59 Å². The van der Waals surface area contributed by atoms with E-state index >= 15 is 0 Å². The average molecular weight is 351 g/mol. The Hall–Kier alpha value is -2.82. The SMILES string of the molecule is Cc1ccc(C(=O)C(=O)N2CCCC2c2ccc3c(c2)OCCO3)cc1.